The van der Waals surface area contributed by atoms with Gasteiger partial charge in [0.15, 0.2) is 0 Å². The maximum absolute atomic E-state index is 13.7. The molecule has 1 amide bonds. The summed E-state index contributed by atoms with van der Waals surface area (Å²) in [6, 6.07) is 13.5. The molecule has 2 aromatic carbocycles. The molecule has 0 radical (unpaired) electrons. The van der Waals surface area contributed by atoms with Crippen molar-refractivity contribution in [1.82, 2.24) is 14.5 Å². The van der Waals surface area contributed by atoms with Crippen LogP contribution in [0.2, 0.25) is 0 Å². The summed E-state index contributed by atoms with van der Waals surface area (Å²) in [4.78, 5) is 15.0. The minimum Gasteiger partial charge on any atom is -0.339 e. The number of nitrogens with one attached hydrogen (secondary N) is 1. The first-order valence-corrected chi connectivity index (χ1v) is 12.3. The summed E-state index contributed by atoms with van der Waals surface area (Å²) in [5.41, 5.74) is 3.73. The van der Waals surface area contributed by atoms with Crippen molar-refractivity contribution in [3.05, 3.63) is 64.7 Å². The number of amides is 1. The molecule has 0 saturated carbocycles. The van der Waals surface area contributed by atoms with E-state index in [-0.39, 0.29) is 29.8 Å². The second kappa shape index (κ2) is 9.94. The van der Waals surface area contributed by atoms with Gasteiger partial charge in [0.25, 0.3) is 0 Å². The Bertz CT molecular complexity index is 1020. The molecule has 168 valence electrons. The number of piperazine rings is 1. The molecule has 0 spiro atoms. The van der Waals surface area contributed by atoms with Gasteiger partial charge in [0.1, 0.15) is 0 Å². The SMILES string of the molecule is Cc1cc(C)c(S(=O)(=O)N(CC(=O)N2CCNCC2)CC(C)c2ccccc2)cc1C. The second-order valence-electron chi connectivity index (χ2n) is 8.44. The van der Waals surface area contributed by atoms with Crippen LogP contribution in [0, 0.1) is 20.8 Å². The minimum absolute atomic E-state index is 0.0429. The van der Waals surface area contributed by atoms with Gasteiger partial charge in [-0.2, -0.15) is 4.31 Å². The van der Waals surface area contributed by atoms with E-state index in [1.165, 1.54) is 4.31 Å². The lowest BCUT2D eigenvalue weighted by molar-refractivity contribution is -0.132. The minimum atomic E-state index is -3.84. The van der Waals surface area contributed by atoms with Crippen molar-refractivity contribution in [2.75, 3.05) is 39.3 Å². The van der Waals surface area contributed by atoms with Crippen molar-refractivity contribution in [1.29, 1.82) is 0 Å². The van der Waals surface area contributed by atoms with Crippen LogP contribution in [-0.4, -0.2) is 62.8 Å². The summed E-state index contributed by atoms with van der Waals surface area (Å²) in [5, 5.41) is 3.23. The number of aryl methyl sites for hydroxylation is 3. The van der Waals surface area contributed by atoms with Crippen LogP contribution in [0.3, 0.4) is 0 Å². The number of rotatable bonds is 7. The van der Waals surface area contributed by atoms with Crippen LogP contribution in [0.15, 0.2) is 47.4 Å². The molecule has 0 aromatic heterocycles. The van der Waals surface area contributed by atoms with Crippen LogP contribution in [0.5, 0.6) is 0 Å². The maximum Gasteiger partial charge on any atom is 0.243 e. The number of sulfonamides is 1. The van der Waals surface area contributed by atoms with E-state index in [2.05, 4.69) is 5.32 Å². The summed E-state index contributed by atoms with van der Waals surface area (Å²) in [7, 11) is -3.84. The van der Waals surface area contributed by atoms with Crippen LogP contribution in [0.1, 0.15) is 35.1 Å². The molecule has 7 heteroatoms. The summed E-state index contributed by atoms with van der Waals surface area (Å²) in [6.07, 6.45) is 0. The van der Waals surface area contributed by atoms with Gasteiger partial charge in [0.2, 0.25) is 15.9 Å². The molecule has 2 aromatic rings. The molecule has 1 atom stereocenters. The van der Waals surface area contributed by atoms with Crippen LogP contribution < -0.4 is 5.32 Å². The van der Waals surface area contributed by atoms with E-state index >= 15 is 0 Å². The first-order chi connectivity index (χ1) is 14.7. The number of hydrogen-bond donors (Lipinski definition) is 1. The quantitative estimate of drug-likeness (QED) is 0.714. The molecule has 1 aliphatic rings. The van der Waals surface area contributed by atoms with Gasteiger partial charge in [-0.3, -0.25) is 4.79 Å². The van der Waals surface area contributed by atoms with E-state index in [9.17, 15) is 13.2 Å². The molecule has 1 N–H and O–H groups in total. The lowest BCUT2D eigenvalue weighted by Crippen LogP contribution is -2.50. The summed E-state index contributed by atoms with van der Waals surface area (Å²) in [6.45, 7) is 10.5. The molecule has 3 rings (SSSR count). The third kappa shape index (κ3) is 5.53. The van der Waals surface area contributed by atoms with Crippen molar-refractivity contribution < 1.29 is 13.2 Å². The summed E-state index contributed by atoms with van der Waals surface area (Å²) in [5.74, 6) is -0.189. The normalized spacial score (nSPS) is 15.8. The fourth-order valence-electron chi connectivity index (χ4n) is 3.96. The Labute approximate surface area is 186 Å². The third-order valence-electron chi connectivity index (χ3n) is 6.04. The standard InChI is InChI=1S/C24H33N3O3S/c1-18-14-20(3)23(15-19(18)2)31(29,30)27(16-21(4)22-8-6-5-7-9-22)17-24(28)26-12-10-25-11-13-26/h5-9,14-15,21,25H,10-13,16-17H2,1-4H3. The number of benzene rings is 2. The third-order valence-corrected chi connectivity index (χ3v) is 7.99. The number of nitrogens with zero attached hydrogens (tertiary/aromatic N) is 2. The first-order valence-electron chi connectivity index (χ1n) is 10.8. The van der Waals surface area contributed by atoms with E-state index in [1.807, 2.05) is 64.1 Å². The van der Waals surface area contributed by atoms with E-state index in [1.54, 1.807) is 11.0 Å². The van der Waals surface area contributed by atoms with E-state index < -0.39 is 10.0 Å². The summed E-state index contributed by atoms with van der Waals surface area (Å²) >= 11 is 0. The lowest BCUT2D eigenvalue weighted by Gasteiger charge is -2.31. The molecule has 6 nitrogen and oxygen atoms in total. The fraction of sp³-hybridized carbons (Fsp3) is 0.458. The first kappa shape index (κ1) is 23.4. The van der Waals surface area contributed by atoms with Crippen molar-refractivity contribution >= 4 is 15.9 Å². The van der Waals surface area contributed by atoms with Gasteiger partial charge in [-0.25, -0.2) is 8.42 Å². The van der Waals surface area contributed by atoms with Gasteiger partial charge >= 0.3 is 0 Å². The van der Waals surface area contributed by atoms with Crippen molar-refractivity contribution in [3.8, 4) is 0 Å². The Morgan fingerprint density at radius 1 is 1.03 bits per heavy atom. The van der Waals surface area contributed by atoms with Crippen LogP contribution in [0.25, 0.3) is 0 Å². The van der Waals surface area contributed by atoms with Gasteiger partial charge in [0.05, 0.1) is 11.4 Å². The van der Waals surface area contributed by atoms with Crippen molar-refractivity contribution in [2.24, 2.45) is 0 Å². The Morgan fingerprint density at radius 2 is 1.65 bits per heavy atom. The van der Waals surface area contributed by atoms with Crippen LogP contribution in [-0.2, 0) is 14.8 Å². The van der Waals surface area contributed by atoms with Gasteiger partial charge < -0.3 is 10.2 Å². The van der Waals surface area contributed by atoms with Crippen molar-refractivity contribution in [2.45, 2.75) is 38.5 Å². The highest BCUT2D eigenvalue weighted by Crippen LogP contribution is 2.26. The zero-order chi connectivity index (χ0) is 22.6. The largest absolute Gasteiger partial charge is 0.339 e. The molecule has 0 aliphatic carbocycles. The average Bonchev–Trinajstić information content (AvgIpc) is 2.76. The number of hydrogen-bond acceptors (Lipinski definition) is 4. The molecular weight excluding hydrogens is 410 g/mol. The molecule has 1 fully saturated rings. The van der Waals surface area contributed by atoms with Gasteiger partial charge in [-0.05, 0) is 55.0 Å². The smallest absolute Gasteiger partial charge is 0.243 e. The van der Waals surface area contributed by atoms with Crippen LogP contribution in [0.4, 0.5) is 0 Å². The zero-order valence-corrected chi connectivity index (χ0v) is 19.7. The van der Waals surface area contributed by atoms with E-state index in [0.717, 1.165) is 29.8 Å². The van der Waals surface area contributed by atoms with Crippen LogP contribution >= 0.6 is 0 Å². The highest BCUT2D eigenvalue weighted by Gasteiger charge is 2.31. The Kier molecular flexibility index (Phi) is 7.51. The van der Waals surface area contributed by atoms with Gasteiger partial charge in [-0.1, -0.05) is 43.3 Å². The predicted molar refractivity (Wildman–Crippen MR) is 124 cm³/mol. The Morgan fingerprint density at radius 3 is 2.29 bits per heavy atom. The topological polar surface area (TPSA) is 69.7 Å². The summed E-state index contributed by atoms with van der Waals surface area (Å²) < 4.78 is 28.9. The molecule has 0 bridgehead atoms. The number of carbonyl (C=O) groups excluding carboxylic acids is 1. The molecular formula is C24H33N3O3S. The van der Waals surface area contributed by atoms with Crippen molar-refractivity contribution in [3.63, 3.8) is 0 Å². The zero-order valence-electron chi connectivity index (χ0n) is 18.9. The maximum atomic E-state index is 13.7. The van der Waals surface area contributed by atoms with E-state index in [4.69, 9.17) is 0 Å². The molecule has 1 unspecified atom stereocenters. The fourth-order valence-corrected chi connectivity index (χ4v) is 5.73. The Balaban J connectivity index is 1.93. The molecule has 31 heavy (non-hydrogen) atoms. The predicted octanol–water partition coefficient (Wildman–Crippen LogP) is 2.84. The van der Waals surface area contributed by atoms with Gasteiger partial charge in [0, 0.05) is 32.7 Å². The number of carbonyl (C=O) groups is 1. The molecule has 1 heterocycles. The molecule has 1 aliphatic heterocycles. The lowest BCUT2D eigenvalue weighted by atomic mass is 10.0. The second-order valence-corrected chi connectivity index (χ2v) is 10.3. The monoisotopic (exact) mass is 443 g/mol. The van der Waals surface area contributed by atoms with E-state index in [0.29, 0.717) is 18.7 Å². The van der Waals surface area contributed by atoms with Gasteiger partial charge in [-0.15, -0.1) is 0 Å². The average molecular weight is 444 g/mol. The highest BCUT2D eigenvalue weighted by atomic mass is 32.2. The Hall–Kier alpha value is -2.22. The highest BCUT2D eigenvalue weighted by molar-refractivity contribution is 7.89. The molecule has 1 saturated heterocycles.